The van der Waals surface area contributed by atoms with Gasteiger partial charge in [0.1, 0.15) is 5.58 Å². The number of rotatable bonds is 4. The summed E-state index contributed by atoms with van der Waals surface area (Å²) in [6.45, 7) is 7.32. The molecule has 0 spiro atoms. The molecule has 0 unspecified atom stereocenters. The summed E-state index contributed by atoms with van der Waals surface area (Å²) in [4.78, 5) is 28.6. The highest BCUT2D eigenvalue weighted by Gasteiger charge is 2.15. The molecule has 1 amide bonds. The number of benzene rings is 1. The van der Waals surface area contributed by atoms with E-state index < -0.39 is 0 Å². The van der Waals surface area contributed by atoms with Crippen molar-refractivity contribution < 1.29 is 14.0 Å². The molecule has 0 saturated heterocycles. The number of nitrogens with one attached hydrogen (secondary N) is 1. The minimum atomic E-state index is -0.181. The maximum Gasteiger partial charge on any atom is 0.230 e. The smallest absolute Gasteiger partial charge is 0.230 e. The lowest BCUT2D eigenvalue weighted by Crippen LogP contribution is -2.14. The Bertz CT molecular complexity index is 953. The van der Waals surface area contributed by atoms with Crippen molar-refractivity contribution in [2.75, 3.05) is 5.32 Å². The minimum Gasteiger partial charge on any atom is -0.464 e. The molecule has 2 aromatic heterocycles. The molecule has 3 rings (SSSR count). The van der Waals surface area contributed by atoms with Crippen molar-refractivity contribution in [1.82, 2.24) is 4.98 Å². The van der Waals surface area contributed by atoms with Gasteiger partial charge in [0.05, 0.1) is 23.3 Å². The number of hydrogen-bond acceptors (Lipinski definition) is 5. The molecule has 24 heavy (non-hydrogen) atoms. The van der Waals surface area contributed by atoms with Gasteiger partial charge >= 0.3 is 0 Å². The van der Waals surface area contributed by atoms with Gasteiger partial charge in [-0.1, -0.05) is 11.3 Å². The standard InChI is InChI=1S/C18H18N2O3S/c1-9-5-14-13(8-23-15(14)6-10(9)2)7-16(22)20-18-19-11(3)17(24-18)12(4)21/h5-6,8H,7H2,1-4H3,(H,19,20,22). The number of amides is 1. The fourth-order valence-corrected chi connectivity index (χ4v) is 3.46. The molecule has 2 heterocycles. The van der Waals surface area contributed by atoms with Crippen LogP contribution in [0.15, 0.2) is 22.8 Å². The molecular weight excluding hydrogens is 324 g/mol. The average molecular weight is 342 g/mol. The van der Waals surface area contributed by atoms with Gasteiger partial charge in [0.25, 0.3) is 0 Å². The third-order valence-corrected chi connectivity index (χ3v) is 5.16. The van der Waals surface area contributed by atoms with Crippen molar-refractivity contribution in [3.8, 4) is 0 Å². The summed E-state index contributed by atoms with van der Waals surface area (Å²) in [5.74, 6) is -0.225. The topological polar surface area (TPSA) is 72.2 Å². The van der Waals surface area contributed by atoms with E-state index in [-0.39, 0.29) is 18.1 Å². The summed E-state index contributed by atoms with van der Waals surface area (Å²) in [6, 6.07) is 4.02. The summed E-state index contributed by atoms with van der Waals surface area (Å²) in [7, 11) is 0. The molecule has 1 aromatic carbocycles. The monoisotopic (exact) mass is 342 g/mol. The molecule has 0 aliphatic heterocycles. The number of carbonyl (C=O) groups excluding carboxylic acids is 2. The van der Waals surface area contributed by atoms with Gasteiger partial charge in [-0.25, -0.2) is 4.98 Å². The molecule has 0 fully saturated rings. The van der Waals surface area contributed by atoms with Gasteiger partial charge in [-0.2, -0.15) is 0 Å². The van der Waals surface area contributed by atoms with Crippen LogP contribution in [0.3, 0.4) is 0 Å². The zero-order valence-electron chi connectivity index (χ0n) is 14.0. The summed E-state index contributed by atoms with van der Waals surface area (Å²) in [5, 5.41) is 4.16. The predicted molar refractivity (Wildman–Crippen MR) is 94.9 cm³/mol. The van der Waals surface area contributed by atoms with Crippen LogP contribution >= 0.6 is 11.3 Å². The first kappa shape index (κ1) is 16.4. The number of furan rings is 1. The number of anilines is 1. The zero-order chi connectivity index (χ0) is 17.4. The van der Waals surface area contributed by atoms with Gasteiger partial charge in [-0.3, -0.25) is 9.59 Å². The number of thiazole rings is 1. The molecule has 1 N–H and O–H groups in total. The van der Waals surface area contributed by atoms with Crippen LogP contribution in [0.4, 0.5) is 5.13 Å². The quantitative estimate of drug-likeness (QED) is 0.721. The van der Waals surface area contributed by atoms with E-state index in [0.717, 1.165) is 27.7 Å². The minimum absolute atomic E-state index is 0.0443. The number of fused-ring (bicyclic) bond motifs is 1. The maximum atomic E-state index is 12.3. The number of hydrogen-bond donors (Lipinski definition) is 1. The molecule has 6 heteroatoms. The number of aromatic nitrogens is 1. The summed E-state index contributed by atoms with van der Waals surface area (Å²) >= 11 is 1.20. The molecule has 5 nitrogen and oxygen atoms in total. The largest absolute Gasteiger partial charge is 0.464 e. The second-order valence-electron chi connectivity index (χ2n) is 5.91. The first-order valence-corrected chi connectivity index (χ1v) is 8.42. The Morgan fingerprint density at radius 2 is 1.92 bits per heavy atom. The van der Waals surface area contributed by atoms with Gasteiger partial charge in [0.15, 0.2) is 10.9 Å². The van der Waals surface area contributed by atoms with Crippen molar-refractivity contribution in [3.63, 3.8) is 0 Å². The third-order valence-electron chi connectivity index (χ3n) is 3.98. The molecular formula is C18H18N2O3S. The Morgan fingerprint density at radius 1 is 1.21 bits per heavy atom. The SMILES string of the molecule is CC(=O)c1sc(NC(=O)Cc2coc3cc(C)c(C)cc23)nc1C. The van der Waals surface area contributed by atoms with Crippen LogP contribution in [0, 0.1) is 20.8 Å². The van der Waals surface area contributed by atoms with E-state index in [4.69, 9.17) is 4.42 Å². The Labute approximate surface area is 143 Å². The first-order chi connectivity index (χ1) is 11.3. The molecule has 124 valence electrons. The lowest BCUT2D eigenvalue weighted by atomic mass is 10.0. The van der Waals surface area contributed by atoms with Gasteiger partial charge in [0, 0.05) is 17.9 Å². The molecule has 0 aliphatic carbocycles. The molecule has 0 radical (unpaired) electrons. The second kappa shape index (κ2) is 6.20. The summed E-state index contributed by atoms with van der Waals surface area (Å²) in [5.41, 5.74) is 4.58. The predicted octanol–water partition coefficient (Wildman–Crippen LogP) is 4.20. The second-order valence-corrected chi connectivity index (χ2v) is 6.91. The highest BCUT2D eigenvalue weighted by atomic mass is 32.1. The lowest BCUT2D eigenvalue weighted by molar-refractivity contribution is -0.115. The summed E-state index contributed by atoms with van der Waals surface area (Å²) < 4.78 is 5.55. The number of nitrogens with zero attached hydrogens (tertiary/aromatic N) is 1. The van der Waals surface area contributed by atoms with E-state index in [9.17, 15) is 9.59 Å². The van der Waals surface area contributed by atoms with Crippen molar-refractivity contribution in [2.24, 2.45) is 0 Å². The number of carbonyl (C=O) groups is 2. The summed E-state index contributed by atoms with van der Waals surface area (Å²) in [6.07, 6.45) is 1.82. The molecule has 0 aliphatic rings. The highest BCUT2D eigenvalue weighted by Crippen LogP contribution is 2.26. The van der Waals surface area contributed by atoms with E-state index in [1.807, 2.05) is 26.0 Å². The van der Waals surface area contributed by atoms with Crippen molar-refractivity contribution in [1.29, 1.82) is 0 Å². The fourth-order valence-electron chi connectivity index (χ4n) is 2.59. The van der Waals surface area contributed by atoms with Crippen LogP contribution in [0.1, 0.15) is 39.0 Å². The van der Waals surface area contributed by atoms with E-state index in [1.54, 1.807) is 13.2 Å². The van der Waals surface area contributed by atoms with Gasteiger partial charge in [-0.15, -0.1) is 0 Å². The molecule has 3 aromatic rings. The van der Waals surface area contributed by atoms with E-state index >= 15 is 0 Å². The van der Waals surface area contributed by atoms with Crippen LogP contribution < -0.4 is 5.32 Å². The lowest BCUT2D eigenvalue weighted by Gasteiger charge is -2.02. The number of Topliss-reactive ketones (excluding diaryl/α,β-unsaturated/α-hetero) is 1. The van der Waals surface area contributed by atoms with Crippen molar-refractivity contribution in [3.05, 3.63) is 45.7 Å². The fraction of sp³-hybridized carbons (Fsp3) is 0.278. The third kappa shape index (κ3) is 3.10. The Hall–Kier alpha value is -2.47. The maximum absolute atomic E-state index is 12.3. The van der Waals surface area contributed by atoms with Gasteiger partial charge in [-0.05, 0) is 44.0 Å². The Kier molecular flexibility index (Phi) is 4.24. The number of ketones is 1. The first-order valence-electron chi connectivity index (χ1n) is 7.60. The van der Waals surface area contributed by atoms with Crippen LogP contribution in [0.2, 0.25) is 0 Å². The van der Waals surface area contributed by atoms with Gasteiger partial charge in [0.2, 0.25) is 5.91 Å². The Balaban J connectivity index is 1.79. The van der Waals surface area contributed by atoms with Crippen LogP contribution in [0.25, 0.3) is 11.0 Å². The Morgan fingerprint density at radius 3 is 2.58 bits per heavy atom. The molecule has 0 bridgehead atoms. The number of aryl methyl sites for hydroxylation is 3. The van der Waals surface area contributed by atoms with E-state index in [1.165, 1.54) is 18.3 Å². The molecule has 0 atom stereocenters. The molecule has 0 saturated carbocycles. The van der Waals surface area contributed by atoms with Crippen molar-refractivity contribution >= 4 is 39.1 Å². The van der Waals surface area contributed by atoms with E-state index in [2.05, 4.69) is 10.3 Å². The van der Waals surface area contributed by atoms with Crippen molar-refractivity contribution in [2.45, 2.75) is 34.1 Å². The zero-order valence-corrected chi connectivity index (χ0v) is 14.8. The van der Waals surface area contributed by atoms with Crippen LogP contribution in [-0.2, 0) is 11.2 Å². The van der Waals surface area contributed by atoms with E-state index in [0.29, 0.717) is 15.7 Å². The van der Waals surface area contributed by atoms with Crippen LogP contribution in [-0.4, -0.2) is 16.7 Å². The highest BCUT2D eigenvalue weighted by molar-refractivity contribution is 7.17. The van der Waals surface area contributed by atoms with Gasteiger partial charge < -0.3 is 9.73 Å². The average Bonchev–Trinajstić information content (AvgIpc) is 3.04. The normalized spacial score (nSPS) is 11.0. The van der Waals surface area contributed by atoms with Crippen LogP contribution in [0.5, 0.6) is 0 Å².